The van der Waals surface area contributed by atoms with E-state index in [2.05, 4.69) is 26.2 Å². The molecule has 1 fully saturated rings. The van der Waals surface area contributed by atoms with E-state index in [1.165, 1.54) is 11.8 Å². The first-order valence-electron chi connectivity index (χ1n) is 9.71. The van der Waals surface area contributed by atoms with Gasteiger partial charge in [0, 0.05) is 16.9 Å². The quantitative estimate of drug-likeness (QED) is 0.578. The van der Waals surface area contributed by atoms with Crippen LogP contribution in [0.5, 0.6) is 0 Å². The van der Waals surface area contributed by atoms with E-state index >= 15 is 0 Å². The van der Waals surface area contributed by atoms with Gasteiger partial charge in [0.25, 0.3) is 0 Å². The van der Waals surface area contributed by atoms with E-state index in [0.717, 1.165) is 35.5 Å². The highest BCUT2D eigenvalue weighted by Gasteiger charge is 2.28. The van der Waals surface area contributed by atoms with Gasteiger partial charge in [-0.1, -0.05) is 17.7 Å². The Morgan fingerprint density at radius 3 is 2.10 bits per heavy atom. The fraction of sp³-hybridized carbons (Fsp3) is 0.286. The number of benzene rings is 2. The molecule has 8 nitrogen and oxygen atoms in total. The first-order valence-corrected chi connectivity index (χ1v) is 10.9. The maximum atomic E-state index is 12.2. The molecule has 0 spiro atoms. The zero-order valence-electron chi connectivity index (χ0n) is 16.5. The number of tetrazole rings is 1. The SMILES string of the molecule is Cc1ccc(NC(=O)CSCC(=O)Nc2ccc(-c3nnnn3C3CC3)cc2)cc1. The van der Waals surface area contributed by atoms with Gasteiger partial charge in [0.05, 0.1) is 17.5 Å². The molecule has 0 radical (unpaired) electrons. The van der Waals surface area contributed by atoms with Crippen LogP contribution in [0, 0.1) is 6.92 Å². The van der Waals surface area contributed by atoms with Gasteiger partial charge in [-0.05, 0) is 66.6 Å². The number of anilines is 2. The number of thioether (sulfide) groups is 1. The van der Waals surface area contributed by atoms with Crippen molar-refractivity contribution in [3.63, 3.8) is 0 Å². The molecule has 1 aliphatic carbocycles. The lowest BCUT2D eigenvalue weighted by Crippen LogP contribution is -2.18. The molecule has 3 aromatic rings. The van der Waals surface area contributed by atoms with Gasteiger partial charge >= 0.3 is 0 Å². The highest BCUT2D eigenvalue weighted by atomic mass is 32.2. The number of nitrogens with zero attached hydrogens (tertiary/aromatic N) is 4. The normalized spacial score (nSPS) is 13.1. The van der Waals surface area contributed by atoms with Gasteiger partial charge in [0.15, 0.2) is 5.82 Å². The Labute approximate surface area is 178 Å². The van der Waals surface area contributed by atoms with Gasteiger partial charge in [-0.2, -0.15) is 0 Å². The molecule has 1 heterocycles. The van der Waals surface area contributed by atoms with Crippen LogP contribution in [0.1, 0.15) is 24.4 Å². The fourth-order valence-corrected chi connectivity index (χ4v) is 3.54. The molecule has 1 saturated carbocycles. The molecule has 1 aromatic heterocycles. The average molecular weight is 423 g/mol. The fourth-order valence-electron chi connectivity index (χ4n) is 2.92. The number of aromatic nitrogens is 4. The maximum absolute atomic E-state index is 12.2. The number of rotatable bonds is 8. The van der Waals surface area contributed by atoms with E-state index in [0.29, 0.717) is 11.7 Å². The summed E-state index contributed by atoms with van der Waals surface area (Å²) in [5.74, 6) is 0.867. The molecule has 2 amide bonds. The van der Waals surface area contributed by atoms with Crippen LogP contribution >= 0.6 is 11.8 Å². The Balaban J connectivity index is 1.22. The highest BCUT2D eigenvalue weighted by Crippen LogP contribution is 2.36. The van der Waals surface area contributed by atoms with Crippen molar-refractivity contribution in [3.05, 3.63) is 54.1 Å². The standard InChI is InChI=1S/C21H22N6O2S/c1-14-2-6-16(7-3-14)22-19(28)12-30-13-20(29)23-17-8-4-15(5-9-17)21-24-25-26-27(21)18-10-11-18/h2-9,18H,10-13H2,1H3,(H,22,28)(H,23,29). The number of amides is 2. The molecule has 1 aliphatic rings. The summed E-state index contributed by atoms with van der Waals surface area (Å²) in [6.45, 7) is 1.99. The summed E-state index contributed by atoms with van der Waals surface area (Å²) in [7, 11) is 0. The molecular weight excluding hydrogens is 400 g/mol. The summed E-state index contributed by atoms with van der Waals surface area (Å²) in [5.41, 5.74) is 3.49. The van der Waals surface area contributed by atoms with Gasteiger partial charge in [-0.25, -0.2) is 4.68 Å². The minimum atomic E-state index is -0.154. The largest absolute Gasteiger partial charge is 0.325 e. The first kappa shape index (κ1) is 20.1. The lowest BCUT2D eigenvalue weighted by Gasteiger charge is -2.08. The third-order valence-electron chi connectivity index (χ3n) is 4.61. The van der Waals surface area contributed by atoms with Gasteiger partial charge in [0.2, 0.25) is 11.8 Å². The van der Waals surface area contributed by atoms with E-state index < -0.39 is 0 Å². The van der Waals surface area contributed by atoms with E-state index in [4.69, 9.17) is 0 Å². The van der Waals surface area contributed by atoms with E-state index in [9.17, 15) is 9.59 Å². The molecule has 0 aliphatic heterocycles. The monoisotopic (exact) mass is 422 g/mol. The second-order valence-electron chi connectivity index (χ2n) is 7.21. The van der Waals surface area contributed by atoms with Crippen LogP contribution in [0.2, 0.25) is 0 Å². The summed E-state index contributed by atoms with van der Waals surface area (Å²) in [6, 6.07) is 15.4. The van der Waals surface area contributed by atoms with E-state index in [1.54, 1.807) is 0 Å². The predicted molar refractivity (Wildman–Crippen MR) is 117 cm³/mol. The van der Waals surface area contributed by atoms with Crippen LogP contribution in [0.25, 0.3) is 11.4 Å². The van der Waals surface area contributed by atoms with Crippen molar-refractivity contribution < 1.29 is 9.59 Å². The molecule has 9 heteroatoms. The predicted octanol–water partition coefficient (Wildman–Crippen LogP) is 3.29. The maximum Gasteiger partial charge on any atom is 0.234 e. The molecule has 0 bridgehead atoms. The van der Waals surface area contributed by atoms with Crippen molar-refractivity contribution in [3.8, 4) is 11.4 Å². The van der Waals surface area contributed by atoms with Crippen LogP contribution in [0.3, 0.4) is 0 Å². The highest BCUT2D eigenvalue weighted by molar-refractivity contribution is 8.00. The summed E-state index contributed by atoms with van der Waals surface area (Å²) < 4.78 is 1.85. The van der Waals surface area contributed by atoms with Gasteiger partial charge < -0.3 is 10.6 Å². The Hall–Kier alpha value is -3.20. The Bertz CT molecular complexity index is 1030. The van der Waals surface area contributed by atoms with Crippen molar-refractivity contribution >= 4 is 35.0 Å². The number of hydrogen-bond donors (Lipinski definition) is 2. The van der Waals surface area contributed by atoms with Crippen LogP contribution < -0.4 is 10.6 Å². The molecule has 2 aromatic carbocycles. The molecule has 0 saturated heterocycles. The number of aryl methyl sites for hydroxylation is 1. The van der Waals surface area contributed by atoms with E-state index in [-0.39, 0.29) is 23.3 Å². The summed E-state index contributed by atoms with van der Waals surface area (Å²) in [5, 5.41) is 17.6. The van der Waals surface area contributed by atoms with Crippen LogP contribution in [-0.2, 0) is 9.59 Å². The first-order chi connectivity index (χ1) is 14.6. The molecule has 0 atom stereocenters. The molecule has 0 unspecified atom stereocenters. The second-order valence-corrected chi connectivity index (χ2v) is 8.20. The van der Waals surface area contributed by atoms with E-state index in [1.807, 2.05) is 60.1 Å². The number of carbonyl (C=O) groups excluding carboxylic acids is 2. The van der Waals surface area contributed by atoms with Crippen molar-refractivity contribution in [2.24, 2.45) is 0 Å². The van der Waals surface area contributed by atoms with Gasteiger partial charge in [-0.3, -0.25) is 9.59 Å². The van der Waals surface area contributed by atoms with Crippen molar-refractivity contribution in [2.45, 2.75) is 25.8 Å². The number of hydrogen-bond acceptors (Lipinski definition) is 6. The molecule has 4 rings (SSSR count). The van der Waals surface area contributed by atoms with Crippen LogP contribution in [-0.4, -0.2) is 43.5 Å². The Kier molecular flexibility index (Phi) is 6.08. The van der Waals surface area contributed by atoms with Crippen molar-refractivity contribution in [2.75, 3.05) is 22.1 Å². The topological polar surface area (TPSA) is 102 Å². The molecule has 154 valence electrons. The Morgan fingerprint density at radius 1 is 0.967 bits per heavy atom. The summed E-state index contributed by atoms with van der Waals surface area (Å²) >= 11 is 1.27. The minimum absolute atomic E-state index is 0.130. The zero-order valence-corrected chi connectivity index (χ0v) is 17.4. The molecular formula is C21H22N6O2S. The van der Waals surface area contributed by atoms with Gasteiger partial charge in [0.1, 0.15) is 0 Å². The lowest BCUT2D eigenvalue weighted by molar-refractivity contribution is -0.114. The molecule has 30 heavy (non-hydrogen) atoms. The third kappa shape index (κ3) is 5.24. The lowest BCUT2D eigenvalue weighted by atomic mass is 10.2. The minimum Gasteiger partial charge on any atom is -0.325 e. The zero-order chi connectivity index (χ0) is 20.9. The van der Waals surface area contributed by atoms with Gasteiger partial charge in [-0.15, -0.1) is 16.9 Å². The van der Waals surface area contributed by atoms with Crippen molar-refractivity contribution in [1.82, 2.24) is 20.2 Å². The van der Waals surface area contributed by atoms with Crippen LogP contribution in [0.15, 0.2) is 48.5 Å². The third-order valence-corrected chi connectivity index (χ3v) is 5.55. The summed E-state index contributed by atoms with van der Waals surface area (Å²) in [6.07, 6.45) is 2.21. The number of carbonyl (C=O) groups is 2. The smallest absolute Gasteiger partial charge is 0.234 e. The molecule has 2 N–H and O–H groups in total. The number of nitrogens with one attached hydrogen (secondary N) is 2. The summed E-state index contributed by atoms with van der Waals surface area (Å²) in [4.78, 5) is 24.1. The average Bonchev–Trinajstić information content (AvgIpc) is 3.47. The van der Waals surface area contributed by atoms with Crippen LogP contribution in [0.4, 0.5) is 11.4 Å². The van der Waals surface area contributed by atoms with Crippen molar-refractivity contribution in [1.29, 1.82) is 0 Å². The second kappa shape index (κ2) is 9.08. The Morgan fingerprint density at radius 2 is 1.53 bits per heavy atom.